The van der Waals surface area contributed by atoms with Gasteiger partial charge in [0.2, 0.25) is 0 Å². The molecule has 1 atom stereocenters. The summed E-state index contributed by atoms with van der Waals surface area (Å²) in [6.07, 6.45) is 0. The van der Waals surface area contributed by atoms with Crippen molar-refractivity contribution in [3.05, 3.63) is 0 Å². The van der Waals surface area contributed by atoms with Crippen molar-refractivity contribution in [1.82, 2.24) is 0 Å². The summed E-state index contributed by atoms with van der Waals surface area (Å²) in [4.78, 5) is 0. The summed E-state index contributed by atoms with van der Waals surface area (Å²) in [5.41, 5.74) is 0. The predicted octanol–water partition coefficient (Wildman–Crippen LogP) is 5.69. The normalized spacial score (nSPS) is 14.6. The minimum absolute atomic E-state index is 0.788. The summed E-state index contributed by atoms with van der Waals surface area (Å²) in [7, 11) is 0. The fourth-order valence-corrected chi connectivity index (χ4v) is 19.8. The second-order valence-corrected chi connectivity index (χ2v) is 21.4. The second-order valence-electron chi connectivity index (χ2n) is 5.48. The zero-order chi connectivity index (χ0) is 13.5. The van der Waals surface area contributed by atoms with E-state index in [4.69, 9.17) is 0 Å². The van der Waals surface area contributed by atoms with Crippen molar-refractivity contribution in [2.24, 2.45) is 0 Å². The number of rotatable bonds is 9. The molecule has 0 fully saturated rings. The summed E-state index contributed by atoms with van der Waals surface area (Å²) < 4.78 is 1.00. The molecule has 0 N–H and O–H groups in total. The van der Waals surface area contributed by atoms with Crippen LogP contribution in [0.25, 0.3) is 0 Å². The van der Waals surface area contributed by atoms with Crippen LogP contribution in [0.3, 0.4) is 0 Å². The van der Waals surface area contributed by atoms with E-state index in [1.54, 1.807) is 0 Å². The van der Waals surface area contributed by atoms with Gasteiger partial charge in [0.15, 0.2) is 0 Å². The number of thioether (sulfide) groups is 2. The third kappa shape index (κ3) is 6.29. The van der Waals surface area contributed by atoms with Crippen LogP contribution in [0.2, 0.25) is 15.8 Å². The van der Waals surface area contributed by atoms with Gasteiger partial charge in [0.1, 0.15) is 0 Å². The van der Waals surface area contributed by atoms with Crippen molar-refractivity contribution >= 4 is 36.8 Å². The van der Waals surface area contributed by atoms with E-state index < -0.39 is 13.3 Å². The van der Waals surface area contributed by atoms with Crippen LogP contribution in [0.1, 0.15) is 48.5 Å². The van der Waals surface area contributed by atoms with Crippen LogP contribution in [-0.2, 0) is 0 Å². The Morgan fingerprint density at radius 2 is 1.29 bits per heavy atom. The Bertz CT molecular complexity index is 180. The first-order valence-electron chi connectivity index (χ1n) is 7.18. The van der Waals surface area contributed by atoms with Gasteiger partial charge in [-0.15, -0.1) is 0 Å². The van der Waals surface area contributed by atoms with Crippen molar-refractivity contribution in [1.29, 1.82) is 0 Å². The number of hydrogen-bond donors (Lipinski definition) is 0. The van der Waals surface area contributed by atoms with Crippen LogP contribution in [0.15, 0.2) is 0 Å². The third-order valence-corrected chi connectivity index (χ3v) is 22.5. The Balaban J connectivity index is 4.72. The Morgan fingerprint density at radius 1 is 0.824 bits per heavy atom. The molecule has 0 bridgehead atoms. The van der Waals surface area contributed by atoms with E-state index in [0.717, 1.165) is 14.6 Å². The van der Waals surface area contributed by atoms with Crippen molar-refractivity contribution in [2.75, 3.05) is 5.75 Å². The first kappa shape index (κ1) is 18.2. The molecule has 0 aliphatic rings. The van der Waals surface area contributed by atoms with Crippen molar-refractivity contribution in [2.45, 2.75) is 78.8 Å². The Kier molecular flexibility index (Phi) is 9.87. The van der Waals surface area contributed by atoms with Gasteiger partial charge in [-0.2, -0.15) is 0 Å². The zero-order valence-corrected chi connectivity index (χ0v) is 16.6. The topological polar surface area (TPSA) is 0 Å². The predicted molar refractivity (Wildman–Crippen MR) is 91.3 cm³/mol. The summed E-state index contributed by atoms with van der Waals surface area (Å²) in [5.74, 6) is 1.40. The van der Waals surface area contributed by atoms with Crippen molar-refractivity contribution in [3.63, 3.8) is 0 Å². The molecule has 0 nitrogen and oxygen atoms in total. The molecule has 0 aliphatic carbocycles. The van der Waals surface area contributed by atoms with Gasteiger partial charge in [-0.1, -0.05) is 0 Å². The zero-order valence-electron chi connectivity index (χ0n) is 12.9. The molecule has 1 unspecified atom stereocenters. The molecule has 104 valence electrons. The van der Waals surface area contributed by atoms with Crippen LogP contribution < -0.4 is 0 Å². The van der Waals surface area contributed by atoms with Crippen molar-refractivity contribution < 1.29 is 0 Å². The molecule has 0 aromatic carbocycles. The van der Waals surface area contributed by atoms with Gasteiger partial charge in [-0.3, -0.25) is 0 Å². The SMILES string of the molecule is C[CH2][Ge]([CH2]C)([CH2]C)[CH](CSC(C)C)SC(C)C. The Labute approximate surface area is 121 Å². The molecule has 0 radical (unpaired) electrons. The van der Waals surface area contributed by atoms with E-state index in [9.17, 15) is 0 Å². The average molecular weight is 337 g/mol. The quantitative estimate of drug-likeness (QED) is 0.496. The molecule has 0 heterocycles. The molecule has 17 heavy (non-hydrogen) atoms. The minimum atomic E-state index is -1.59. The van der Waals surface area contributed by atoms with Gasteiger partial charge in [0.05, 0.1) is 0 Å². The van der Waals surface area contributed by atoms with Gasteiger partial charge in [-0.25, -0.2) is 0 Å². The summed E-state index contributed by atoms with van der Waals surface area (Å²) in [5, 5.41) is 6.11. The van der Waals surface area contributed by atoms with E-state index in [1.807, 2.05) is 0 Å². The van der Waals surface area contributed by atoms with E-state index in [-0.39, 0.29) is 0 Å². The summed E-state index contributed by atoms with van der Waals surface area (Å²) in [6, 6.07) is 0. The van der Waals surface area contributed by atoms with Crippen LogP contribution in [0.4, 0.5) is 0 Å². The summed E-state index contributed by atoms with van der Waals surface area (Å²) in [6.45, 7) is 16.8. The standard InChI is InChI=1S/C14H32GeS2/c1-8-15(9-2,10-3)14(17-13(6)7)11-16-12(4)5/h12-14H,8-11H2,1-7H3. The van der Waals surface area contributed by atoms with Gasteiger partial charge in [0.25, 0.3) is 0 Å². The van der Waals surface area contributed by atoms with Gasteiger partial charge < -0.3 is 0 Å². The first-order valence-corrected chi connectivity index (χ1v) is 14.8. The van der Waals surface area contributed by atoms with E-state index >= 15 is 0 Å². The molecular weight excluding hydrogens is 305 g/mol. The Hall–Kier alpha value is 1.24. The van der Waals surface area contributed by atoms with Gasteiger partial charge >= 0.3 is 121 Å². The van der Waals surface area contributed by atoms with Crippen molar-refractivity contribution in [3.8, 4) is 0 Å². The fraction of sp³-hybridized carbons (Fsp3) is 1.00. The third-order valence-electron chi connectivity index (χ3n) is 3.81. The Morgan fingerprint density at radius 3 is 1.59 bits per heavy atom. The number of hydrogen-bond acceptors (Lipinski definition) is 2. The average Bonchev–Trinajstić information content (AvgIpc) is 2.27. The molecule has 0 spiro atoms. The first-order chi connectivity index (χ1) is 7.91. The van der Waals surface area contributed by atoms with Crippen LogP contribution >= 0.6 is 23.5 Å². The monoisotopic (exact) mass is 338 g/mol. The maximum absolute atomic E-state index is 2.46. The molecule has 0 amide bonds. The molecule has 0 saturated heterocycles. The van der Waals surface area contributed by atoms with Gasteiger partial charge in [0, 0.05) is 0 Å². The second kappa shape index (κ2) is 9.20. The van der Waals surface area contributed by atoms with E-state index in [2.05, 4.69) is 72.0 Å². The molecular formula is C14H32GeS2. The molecule has 0 saturated carbocycles. The van der Waals surface area contributed by atoms with Crippen LogP contribution in [-0.4, -0.2) is 33.6 Å². The fourth-order valence-electron chi connectivity index (χ4n) is 2.40. The molecule has 0 aromatic rings. The van der Waals surface area contributed by atoms with E-state index in [0.29, 0.717) is 0 Å². The molecule has 3 heteroatoms. The molecule has 0 aliphatic heterocycles. The van der Waals surface area contributed by atoms with E-state index in [1.165, 1.54) is 21.5 Å². The summed E-state index contributed by atoms with van der Waals surface area (Å²) >= 11 is 2.88. The van der Waals surface area contributed by atoms with Crippen LogP contribution in [0, 0.1) is 0 Å². The molecule has 0 rings (SSSR count). The van der Waals surface area contributed by atoms with Gasteiger partial charge in [-0.05, 0) is 0 Å². The molecule has 0 aromatic heterocycles. The maximum atomic E-state index is 2.46. The van der Waals surface area contributed by atoms with Crippen LogP contribution in [0.5, 0.6) is 0 Å².